The van der Waals surface area contributed by atoms with Crippen molar-refractivity contribution in [1.29, 1.82) is 0 Å². The molecular formula is C21H20ClNO4S. The Labute approximate surface area is 172 Å². The van der Waals surface area contributed by atoms with Gasteiger partial charge >= 0.3 is 5.97 Å². The standard InChI is InChI=1S/C21H20ClNO4S/c1-12(2)27-20-15(22)9-13(10-17(20)26-3)8-14(11-19(24)25)21-23-16-6-4-5-7-18(16)28-21/h4-10,12H,11H2,1-3H3,(H,24,25)/b14-8+. The molecule has 0 aliphatic carbocycles. The monoisotopic (exact) mass is 417 g/mol. The van der Waals surface area contributed by atoms with E-state index in [9.17, 15) is 9.90 Å². The summed E-state index contributed by atoms with van der Waals surface area (Å²) in [6.07, 6.45) is 1.57. The van der Waals surface area contributed by atoms with Crippen LogP contribution in [0, 0.1) is 0 Å². The molecule has 1 aromatic heterocycles. The summed E-state index contributed by atoms with van der Waals surface area (Å²) in [5.41, 5.74) is 2.16. The second-order valence-corrected chi connectivity index (χ2v) is 7.87. The van der Waals surface area contributed by atoms with Crippen LogP contribution in [-0.2, 0) is 4.79 Å². The van der Waals surface area contributed by atoms with E-state index >= 15 is 0 Å². The van der Waals surface area contributed by atoms with Gasteiger partial charge in [0.25, 0.3) is 0 Å². The molecule has 5 nitrogen and oxygen atoms in total. The zero-order valence-electron chi connectivity index (χ0n) is 15.7. The van der Waals surface area contributed by atoms with E-state index in [1.165, 1.54) is 18.4 Å². The molecule has 1 N–H and O–H groups in total. The highest BCUT2D eigenvalue weighted by atomic mass is 35.5. The minimum absolute atomic E-state index is 0.0573. The lowest BCUT2D eigenvalue weighted by molar-refractivity contribution is -0.135. The highest BCUT2D eigenvalue weighted by Gasteiger charge is 2.16. The summed E-state index contributed by atoms with van der Waals surface area (Å²) in [7, 11) is 1.54. The van der Waals surface area contributed by atoms with Gasteiger partial charge in [-0.2, -0.15) is 0 Å². The minimum atomic E-state index is -0.927. The number of hydrogen-bond donors (Lipinski definition) is 1. The maximum absolute atomic E-state index is 11.4. The van der Waals surface area contributed by atoms with Crippen LogP contribution in [0.2, 0.25) is 5.02 Å². The van der Waals surface area contributed by atoms with Crippen LogP contribution in [-0.4, -0.2) is 29.3 Å². The number of carbonyl (C=O) groups is 1. The molecule has 0 bridgehead atoms. The Morgan fingerprint density at radius 3 is 2.71 bits per heavy atom. The Balaban J connectivity index is 2.07. The van der Waals surface area contributed by atoms with Crippen LogP contribution in [0.3, 0.4) is 0 Å². The van der Waals surface area contributed by atoms with E-state index in [2.05, 4.69) is 4.98 Å². The second-order valence-electron chi connectivity index (χ2n) is 6.43. The van der Waals surface area contributed by atoms with Gasteiger partial charge in [0.05, 0.1) is 34.9 Å². The fraction of sp³-hybridized carbons (Fsp3) is 0.238. The van der Waals surface area contributed by atoms with Crippen molar-refractivity contribution in [2.45, 2.75) is 26.4 Å². The number of para-hydroxylation sites is 1. The molecule has 146 valence electrons. The first kappa shape index (κ1) is 20.2. The average Bonchev–Trinajstić information content (AvgIpc) is 3.06. The Kier molecular flexibility index (Phi) is 6.21. The van der Waals surface area contributed by atoms with Crippen molar-refractivity contribution >= 4 is 50.8 Å². The van der Waals surface area contributed by atoms with Gasteiger partial charge in [0.2, 0.25) is 0 Å². The van der Waals surface area contributed by atoms with E-state index < -0.39 is 5.97 Å². The fourth-order valence-corrected chi connectivity index (χ4v) is 3.98. The SMILES string of the molecule is COc1cc(/C=C(\CC(=O)O)c2nc3ccccc3s2)cc(Cl)c1OC(C)C. The van der Waals surface area contributed by atoms with Gasteiger partial charge in [0.1, 0.15) is 5.01 Å². The number of halogens is 1. The van der Waals surface area contributed by atoms with E-state index in [0.29, 0.717) is 32.7 Å². The zero-order valence-corrected chi connectivity index (χ0v) is 17.3. The normalized spacial score (nSPS) is 11.8. The van der Waals surface area contributed by atoms with Gasteiger partial charge in [-0.15, -0.1) is 11.3 Å². The maximum atomic E-state index is 11.4. The van der Waals surface area contributed by atoms with Crippen molar-refractivity contribution in [3.63, 3.8) is 0 Å². The van der Waals surface area contributed by atoms with Crippen molar-refractivity contribution in [2.24, 2.45) is 0 Å². The number of hydrogen-bond acceptors (Lipinski definition) is 5. The number of carboxylic acid groups (broad SMARTS) is 1. The lowest BCUT2D eigenvalue weighted by atomic mass is 10.1. The molecule has 0 radical (unpaired) electrons. The lowest BCUT2D eigenvalue weighted by Gasteiger charge is -2.16. The van der Waals surface area contributed by atoms with Crippen LogP contribution < -0.4 is 9.47 Å². The van der Waals surface area contributed by atoms with Crippen LogP contribution in [0.15, 0.2) is 36.4 Å². The molecule has 28 heavy (non-hydrogen) atoms. The third-order valence-electron chi connectivity index (χ3n) is 3.86. The summed E-state index contributed by atoms with van der Waals surface area (Å²) < 4.78 is 12.2. The van der Waals surface area contributed by atoms with E-state index in [1.54, 1.807) is 18.2 Å². The van der Waals surface area contributed by atoms with E-state index in [-0.39, 0.29) is 12.5 Å². The number of thiazole rings is 1. The van der Waals surface area contributed by atoms with Gasteiger partial charge in [-0.1, -0.05) is 23.7 Å². The molecule has 1 heterocycles. The lowest BCUT2D eigenvalue weighted by Crippen LogP contribution is -2.07. The summed E-state index contributed by atoms with van der Waals surface area (Å²) in [6, 6.07) is 11.2. The molecular weight excluding hydrogens is 398 g/mol. The molecule has 0 saturated heterocycles. The molecule has 0 saturated carbocycles. The molecule has 0 aliphatic rings. The Hall–Kier alpha value is -2.57. The van der Waals surface area contributed by atoms with E-state index in [1.807, 2.05) is 38.1 Å². The predicted molar refractivity (Wildman–Crippen MR) is 114 cm³/mol. The topological polar surface area (TPSA) is 68.7 Å². The first-order chi connectivity index (χ1) is 13.4. The number of rotatable bonds is 7. The number of benzene rings is 2. The van der Waals surface area contributed by atoms with Crippen LogP contribution in [0.25, 0.3) is 21.9 Å². The molecule has 0 amide bonds. The maximum Gasteiger partial charge on any atom is 0.307 e. The fourth-order valence-electron chi connectivity index (χ4n) is 2.74. The first-order valence-corrected chi connectivity index (χ1v) is 9.89. The zero-order chi connectivity index (χ0) is 20.3. The van der Waals surface area contributed by atoms with Crippen LogP contribution in [0.1, 0.15) is 30.8 Å². The Morgan fingerprint density at radius 1 is 1.32 bits per heavy atom. The van der Waals surface area contributed by atoms with Gasteiger partial charge in [-0.3, -0.25) is 4.79 Å². The molecule has 0 unspecified atom stereocenters. The van der Waals surface area contributed by atoms with Gasteiger partial charge < -0.3 is 14.6 Å². The molecule has 0 spiro atoms. The molecule has 0 aliphatic heterocycles. The summed E-state index contributed by atoms with van der Waals surface area (Å²) in [5, 5.41) is 10.4. The molecule has 7 heteroatoms. The summed E-state index contributed by atoms with van der Waals surface area (Å²) in [6.45, 7) is 3.81. The van der Waals surface area contributed by atoms with E-state index in [0.717, 1.165) is 10.2 Å². The highest BCUT2D eigenvalue weighted by molar-refractivity contribution is 7.19. The van der Waals surface area contributed by atoms with Gasteiger partial charge in [0, 0.05) is 0 Å². The summed E-state index contributed by atoms with van der Waals surface area (Å²) in [5.74, 6) is 0.0332. The number of methoxy groups -OCH3 is 1. The number of aliphatic carboxylic acids is 1. The van der Waals surface area contributed by atoms with Gasteiger partial charge in [0.15, 0.2) is 11.5 Å². The number of carboxylic acids is 1. The van der Waals surface area contributed by atoms with Crippen molar-refractivity contribution < 1.29 is 19.4 Å². The van der Waals surface area contributed by atoms with Crippen molar-refractivity contribution in [3.05, 3.63) is 52.0 Å². The number of aromatic nitrogens is 1. The first-order valence-electron chi connectivity index (χ1n) is 8.70. The van der Waals surface area contributed by atoms with Crippen molar-refractivity contribution in [3.8, 4) is 11.5 Å². The third-order valence-corrected chi connectivity index (χ3v) is 5.25. The third kappa shape index (κ3) is 4.64. The highest BCUT2D eigenvalue weighted by Crippen LogP contribution is 2.38. The molecule has 0 atom stereocenters. The van der Waals surface area contributed by atoms with Crippen LogP contribution in [0.5, 0.6) is 11.5 Å². The number of ether oxygens (including phenoxy) is 2. The summed E-state index contributed by atoms with van der Waals surface area (Å²) in [4.78, 5) is 16.0. The van der Waals surface area contributed by atoms with E-state index in [4.69, 9.17) is 21.1 Å². The smallest absolute Gasteiger partial charge is 0.307 e. The molecule has 3 aromatic rings. The van der Waals surface area contributed by atoms with Crippen LogP contribution >= 0.6 is 22.9 Å². The quantitative estimate of drug-likeness (QED) is 0.529. The van der Waals surface area contributed by atoms with Crippen molar-refractivity contribution in [2.75, 3.05) is 7.11 Å². The predicted octanol–water partition coefficient (Wildman–Crippen LogP) is 5.76. The molecule has 2 aromatic carbocycles. The molecule has 0 fully saturated rings. The van der Waals surface area contributed by atoms with Crippen LogP contribution in [0.4, 0.5) is 0 Å². The second kappa shape index (κ2) is 8.63. The average molecular weight is 418 g/mol. The Bertz CT molecular complexity index is 1010. The number of nitrogens with zero attached hydrogens (tertiary/aromatic N) is 1. The molecule has 3 rings (SSSR count). The minimum Gasteiger partial charge on any atom is -0.493 e. The Morgan fingerprint density at radius 2 is 2.07 bits per heavy atom. The van der Waals surface area contributed by atoms with Gasteiger partial charge in [-0.05, 0) is 55.3 Å². The van der Waals surface area contributed by atoms with Crippen molar-refractivity contribution in [1.82, 2.24) is 4.98 Å². The summed E-state index contributed by atoms with van der Waals surface area (Å²) >= 11 is 7.85. The van der Waals surface area contributed by atoms with Gasteiger partial charge in [-0.25, -0.2) is 4.98 Å². The largest absolute Gasteiger partial charge is 0.493 e. The number of fused-ring (bicyclic) bond motifs is 1.